The van der Waals surface area contributed by atoms with Crippen LogP contribution in [0.2, 0.25) is 0 Å². The zero-order valence-corrected chi connectivity index (χ0v) is 7.88. The summed E-state index contributed by atoms with van der Waals surface area (Å²) in [6, 6.07) is 0. The monoisotopic (exact) mass is 203 g/mol. The molecule has 0 aliphatic rings. The topological polar surface area (TPSA) is 67.4 Å². The molecule has 4 nitrogen and oxygen atoms in total. The largest absolute Gasteiger partial charge is 0.618 e. The Morgan fingerprint density at radius 3 is 2.69 bits per heavy atom. The van der Waals surface area contributed by atoms with Crippen molar-refractivity contribution in [3.8, 4) is 5.75 Å². The number of aromatic nitrogens is 1. The summed E-state index contributed by atoms with van der Waals surface area (Å²) in [5, 5.41) is 29.5. The minimum atomic E-state index is -0.324. The Balaban J connectivity index is 3.39. The molecule has 1 rings (SSSR count). The Kier molecular flexibility index (Phi) is 2.95. The van der Waals surface area contributed by atoms with E-state index in [0.29, 0.717) is 15.9 Å². The van der Waals surface area contributed by atoms with E-state index in [2.05, 4.69) is 0 Å². The Hall–Kier alpha value is -1.00. The lowest BCUT2D eigenvalue weighted by atomic mass is 10.1. The molecule has 2 N–H and O–H groups in total. The van der Waals surface area contributed by atoms with E-state index < -0.39 is 0 Å². The van der Waals surface area contributed by atoms with Crippen molar-refractivity contribution < 1.29 is 14.9 Å². The van der Waals surface area contributed by atoms with Gasteiger partial charge in [0, 0.05) is 18.1 Å². The third kappa shape index (κ3) is 1.68. The van der Waals surface area contributed by atoms with Crippen molar-refractivity contribution in [3.05, 3.63) is 28.2 Å². The van der Waals surface area contributed by atoms with Crippen LogP contribution in [0.25, 0.3) is 0 Å². The Bertz CT molecular complexity index is 328. The van der Waals surface area contributed by atoms with Crippen molar-refractivity contribution in [2.24, 2.45) is 0 Å². The van der Waals surface area contributed by atoms with Crippen molar-refractivity contribution in [3.63, 3.8) is 0 Å². The molecule has 0 aromatic carbocycles. The van der Waals surface area contributed by atoms with E-state index in [4.69, 9.17) is 16.7 Å². The number of nitrogens with zero attached hydrogens (tertiary/aromatic N) is 1. The average molecular weight is 204 g/mol. The van der Waals surface area contributed by atoms with Gasteiger partial charge in [0.1, 0.15) is 0 Å². The molecule has 0 atom stereocenters. The fraction of sp³-hybridized carbons (Fsp3) is 0.375. The first kappa shape index (κ1) is 10.1. The summed E-state index contributed by atoms with van der Waals surface area (Å²) in [5.41, 5.74) is 0.930. The fourth-order valence-corrected chi connectivity index (χ4v) is 1.31. The highest BCUT2D eigenvalue weighted by atomic mass is 35.5. The van der Waals surface area contributed by atoms with Gasteiger partial charge in [0.05, 0.1) is 12.5 Å². The zero-order valence-electron chi connectivity index (χ0n) is 7.12. The second kappa shape index (κ2) is 3.81. The van der Waals surface area contributed by atoms with Crippen LogP contribution in [0, 0.1) is 12.1 Å². The molecule has 0 aliphatic carbocycles. The number of hydrogen-bond acceptors (Lipinski definition) is 3. The Morgan fingerprint density at radius 2 is 2.23 bits per heavy atom. The predicted molar refractivity (Wildman–Crippen MR) is 47.3 cm³/mol. The van der Waals surface area contributed by atoms with Gasteiger partial charge in [-0.2, -0.15) is 4.73 Å². The van der Waals surface area contributed by atoms with Gasteiger partial charge in [0.2, 0.25) is 5.69 Å². The number of aliphatic hydroxyl groups excluding tert-OH is 1. The summed E-state index contributed by atoms with van der Waals surface area (Å²) >= 11 is 5.53. The van der Waals surface area contributed by atoms with Crippen LogP contribution in [-0.4, -0.2) is 10.2 Å². The van der Waals surface area contributed by atoms with Crippen LogP contribution >= 0.6 is 11.6 Å². The van der Waals surface area contributed by atoms with Crippen LogP contribution in [0.15, 0.2) is 6.20 Å². The molecule has 0 spiro atoms. The average Bonchev–Trinajstić information content (AvgIpc) is 2.13. The molecule has 13 heavy (non-hydrogen) atoms. The number of alkyl halides is 1. The normalized spacial score (nSPS) is 10.4. The van der Waals surface area contributed by atoms with Gasteiger partial charge in [-0.25, -0.2) is 0 Å². The van der Waals surface area contributed by atoms with Gasteiger partial charge in [0.25, 0.3) is 0 Å². The molecule has 1 heterocycles. The molecule has 5 heteroatoms. The van der Waals surface area contributed by atoms with Crippen LogP contribution in [0.1, 0.15) is 16.8 Å². The number of halogens is 1. The van der Waals surface area contributed by atoms with Crippen molar-refractivity contribution in [2.45, 2.75) is 19.4 Å². The summed E-state index contributed by atoms with van der Waals surface area (Å²) in [4.78, 5) is 0. The predicted octanol–water partition coefficient (Wildman–Crippen LogP) is 0.565. The molecule has 0 bridgehead atoms. The first-order chi connectivity index (χ1) is 6.11. The number of aliphatic hydroxyl groups is 1. The maximum Gasteiger partial charge on any atom is 0.231 e. The summed E-state index contributed by atoms with van der Waals surface area (Å²) in [6.07, 6.45) is 1.26. The number of rotatable bonds is 2. The van der Waals surface area contributed by atoms with E-state index in [0.717, 1.165) is 0 Å². The van der Waals surface area contributed by atoms with Crippen LogP contribution in [0.4, 0.5) is 0 Å². The highest BCUT2D eigenvalue weighted by Gasteiger charge is 2.16. The van der Waals surface area contributed by atoms with E-state index in [9.17, 15) is 10.3 Å². The highest BCUT2D eigenvalue weighted by Crippen LogP contribution is 2.23. The first-order valence-corrected chi connectivity index (χ1v) is 4.25. The van der Waals surface area contributed by atoms with Gasteiger partial charge in [-0.1, -0.05) is 0 Å². The standard InChI is InChI=1S/C8H10ClNO3/c1-5-8(12)7(4-11)6(2-9)3-10(5)13/h3,11-12H,2,4H2,1H3. The summed E-state index contributed by atoms with van der Waals surface area (Å²) in [5.74, 6) is -0.0953. The lowest BCUT2D eigenvalue weighted by molar-refractivity contribution is -0.613. The van der Waals surface area contributed by atoms with Crippen LogP contribution < -0.4 is 4.73 Å². The van der Waals surface area contributed by atoms with E-state index in [1.165, 1.54) is 13.1 Å². The highest BCUT2D eigenvalue weighted by molar-refractivity contribution is 6.17. The number of pyridine rings is 1. The third-order valence-corrected chi connectivity index (χ3v) is 2.21. The van der Waals surface area contributed by atoms with Gasteiger partial charge in [-0.3, -0.25) is 0 Å². The number of aromatic hydroxyl groups is 1. The van der Waals surface area contributed by atoms with Gasteiger partial charge in [0.15, 0.2) is 11.9 Å². The lowest BCUT2D eigenvalue weighted by Gasteiger charge is -2.09. The zero-order chi connectivity index (χ0) is 10.0. The van der Waals surface area contributed by atoms with Crippen molar-refractivity contribution in [1.82, 2.24) is 0 Å². The minimum Gasteiger partial charge on any atom is -0.618 e. The fourth-order valence-electron chi connectivity index (χ4n) is 1.08. The van der Waals surface area contributed by atoms with Gasteiger partial charge >= 0.3 is 0 Å². The van der Waals surface area contributed by atoms with Crippen LogP contribution in [0.3, 0.4) is 0 Å². The summed E-state index contributed by atoms with van der Waals surface area (Å²) in [7, 11) is 0. The second-order valence-electron chi connectivity index (χ2n) is 2.68. The SMILES string of the molecule is Cc1c(O)c(CO)c(CCl)c[n+]1[O-]. The van der Waals surface area contributed by atoms with Crippen LogP contribution in [-0.2, 0) is 12.5 Å². The molecule has 0 fully saturated rings. The minimum absolute atomic E-state index is 0.0893. The second-order valence-corrected chi connectivity index (χ2v) is 2.95. The lowest BCUT2D eigenvalue weighted by Crippen LogP contribution is -2.31. The van der Waals surface area contributed by atoms with Gasteiger partial charge in [-0.05, 0) is 0 Å². The molecular formula is C8H10ClNO3. The van der Waals surface area contributed by atoms with Gasteiger partial charge < -0.3 is 15.4 Å². The van der Waals surface area contributed by atoms with Crippen molar-refractivity contribution >= 4 is 11.6 Å². The molecule has 1 aromatic rings. The molecule has 72 valence electrons. The Labute approximate surface area is 80.6 Å². The molecule has 0 saturated heterocycles. The first-order valence-electron chi connectivity index (χ1n) is 3.72. The third-order valence-electron chi connectivity index (χ3n) is 1.92. The smallest absolute Gasteiger partial charge is 0.231 e. The molecule has 1 aromatic heterocycles. The van der Waals surface area contributed by atoms with E-state index >= 15 is 0 Å². The molecule has 0 amide bonds. The van der Waals surface area contributed by atoms with E-state index in [-0.39, 0.29) is 23.9 Å². The molecule has 0 saturated carbocycles. The summed E-state index contributed by atoms with van der Waals surface area (Å²) in [6.45, 7) is 1.15. The molecular weight excluding hydrogens is 194 g/mol. The number of hydrogen-bond donors (Lipinski definition) is 2. The van der Waals surface area contributed by atoms with Crippen molar-refractivity contribution in [1.29, 1.82) is 0 Å². The molecule has 0 radical (unpaired) electrons. The summed E-state index contributed by atoms with van der Waals surface area (Å²) < 4.78 is 0.534. The maximum absolute atomic E-state index is 11.1. The van der Waals surface area contributed by atoms with Crippen LogP contribution in [0.5, 0.6) is 5.75 Å². The van der Waals surface area contributed by atoms with Gasteiger partial charge in [-0.15, -0.1) is 11.6 Å². The Morgan fingerprint density at radius 1 is 1.62 bits per heavy atom. The molecule has 0 unspecified atom stereocenters. The molecule has 0 aliphatic heterocycles. The quantitative estimate of drug-likeness (QED) is 0.420. The maximum atomic E-state index is 11.1. The van der Waals surface area contributed by atoms with E-state index in [1.54, 1.807) is 0 Å². The van der Waals surface area contributed by atoms with Crippen molar-refractivity contribution in [2.75, 3.05) is 0 Å². The van der Waals surface area contributed by atoms with E-state index in [1.807, 2.05) is 0 Å².